The van der Waals surface area contributed by atoms with E-state index in [0.717, 1.165) is 5.56 Å². The van der Waals surface area contributed by atoms with Gasteiger partial charge in [0.05, 0.1) is 0 Å². The van der Waals surface area contributed by atoms with Crippen LogP contribution in [0.5, 0.6) is 0 Å². The van der Waals surface area contributed by atoms with E-state index >= 15 is 0 Å². The largest absolute Gasteiger partial charge is 0.316 e. The molecule has 0 amide bonds. The van der Waals surface area contributed by atoms with Crippen LogP contribution in [-0.2, 0) is 19.4 Å². The molecule has 0 unspecified atom stereocenters. The molecule has 0 aliphatic heterocycles. The van der Waals surface area contributed by atoms with Gasteiger partial charge in [-0.05, 0) is 48.4 Å². The molecule has 1 aromatic rings. The Labute approximate surface area is 92.4 Å². The number of benzene rings is 1. The normalized spacial score (nSPS) is 15.3. The first kappa shape index (κ1) is 10.1. The van der Waals surface area contributed by atoms with E-state index in [1.54, 1.807) is 0 Å². The fourth-order valence-electron chi connectivity index (χ4n) is 2.07. The summed E-state index contributed by atoms with van der Waals surface area (Å²) < 4.78 is 1.19. The lowest BCUT2D eigenvalue weighted by Crippen LogP contribution is -2.09. The molecule has 76 valence electrons. The first-order valence-corrected chi connectivity index (χ1v) is 5.77. The fraction of sp³-hybridized carbons (Fsp3) is 0.455. The molecule has 2 nitrogen and oxygen atoms in total. The molecule has 1 aromatic carbocycles. The van der Waals surface area contributed by atoms with Crippen LogP contribution in [0.1, 0.15) is 29.5 Å². The van der Waals surface area contributed by atoms with E-state index in [9.17, 15) is 0 Å². The molecule has 0 aromatic heterocycles. The van der Waals surface area contributed by atoms with Gasteiger partial charge in [0.2, 0.25) is 0 Å². The number of hydroxylamine groups is 1. The first-order chi connectivity index (χ1) is 6.81. The molecule has 3 heteroatoms. The van der Waals surface area contributed by atoms with Crippen molar-refractivity contribution in [1.29, 1.82) is 0 Å². The van der Waals surface area contributed by atoms with Gasteiger partial charge in [-0.2, -0.15) is 0 Å². The van der Waals surface area contributed by atoms with E-state index in [1.807, 2.05) is 0 Å². The van der Waals surface area contributed by atoms with Crippen LogP contribution in [0.25, 0.3) is 0 Å². The molecule has 0 heterocycles. The summed E-state index contributed by atoms with van der Waals surface area (Å²) in [4.78, 5) is 0. The summed E-state index contributed by atoms with van der Waals surface area (Å²) in [6.07, 6.45) is 4.94. The van der Waals surface area contributed by atoms with Crippen LogP contribution >= 0.6 is 15.9 Å². The molecule has 0 spiro atoms. The van der Waals surface area contributed by atoms with Crippen LogP contribution in [0.4, 0.5) is 0 Å². The molecule has 1 aliphatic carbocycles. The zero-order chi connectivity index (χ0) is 9.97. The van der Waals surface area contributed by atoms with Gasteiger partial charge in [0.25, 0.3) is 0 Å². The van der Waals surface area contributed by atoms with E-state index in [0.29, 0.717) is 6.54 Å². The van der Waals surface area contributed by atoms with Crippen molar-refractivity contribution in [3.8, 4) is 0 Å². The average Bonchev–Trinajstić information content (AvgIpc) is 2.18. The lowest BCUT2D eigenvalue weighted by atomic mass is 9.90. The summed E-state index contributed by atoms with van der Waals surface area (Å²) in [6.45, 7) is 0.520. The van der Waals surface area contributed by atoms with Crippen molar-refractivity contribution in [2.75, 3.05) is 0 Å². The minimum Gasteiger partial charge on any atom is -0.316 e. The second-order valence-corrected chi connectivity index (χ2v) is 4.61. The Kier molecular flexibility index (Phi) is 3.21. The minimum absolute atomic E-state index is 0.520. The maximum atomic E-state index is 8.65. The number of aryl methyl sites for hydroxylation is 1. The Bertz CT molecular complexity index is 338. The van der Waals surface area contributed by atoms with Crippen molar-refractivity contribution in [3.05, 3.63) is 33.3 Å². The summed E-state index contributed by atoms with van der Waals surface area (Å²) >= 11 is 3.59. The van der Waals surface area contributed by atoms with Crippen molar-refractivity contribution in [2.45, 2.75) is 32.2 Å². The molecule has 0 radical (unpaired) electrons. The van der Waals surface area contributed by atoms with Gasteiger partial charge in [0.15, 0.2) is 0 Å². The summed E-state index contributed by atoms with van der Waals surface area (Å²) in [5.41, 5.74) is 6.23. The van der Waals surface area contributed by atoms with E-state index in [1.165, 1.54) is 41.3 Å². The van der Waals surface area contributed by atoms with Crippen LogP contribution < -0.4 is 5.48 Å². The maximum absolute atomic E-state index is 8.65. The molecule has 1 aliphatic rings. The van der Waals surface area contributed by atoms with E-state index < -0.39 is 0 Å². The SMILES string of the molecule is ONCc1cc(Br)c2c(c1)CCCC2. The summed E-state index contributed by atoms with van der Waals surface area (Å²) in [5.74, 6) is 0. The number of hydrogen-bond donors (Lipinski definition) is 2. The predicted molar refractivity (Wildman–Crippen MR) is 59.4 cm³/mol. The number of hydrogen-bond acceptors (Lipinski definition) is 2. The van der Waals surface area contributed by atoms with E-state index in [4.69, 9.17) is 5.21 Å². The molecule has 0 fully saturated rings. The van der Waals surface area contributed by atoms with Gasteiger partial charge >= 0.3 is 0 Å². The second-order valence-electron chi connectivity index (χ2n) is 3.76. The smallest absolute Gasteiger partial charge is 0.0458 e. The van der Waals surface area contributed by atoms with Gasteiger partial charge in [0, 0.05) is 11.0 Å². The maximum Gasteiger partial charge on any atom is 0.0458 e. The molecule has 0 bridgehead atoms. The average molecular weight is 256 g/mol. The molecule has 2 rings (SSSR count). The van der Waals surface area contributed by atoms with Crippen molar-refractivity contribution in [1.82, 2.24) is 5.48 Å². The molecule has 0 atom stereocenters. The monoisotopic (exact) mass is 255 g/mol. The van der Waals surface area contributed by atoms with Crippen LogP contribution in [0.2, 0.25) is 0 Å². The molecule has 0 saturated heterocycles. The zero-order valence-electron chi connectivity index (χ0n) is 8.02. The third-order valence-electron chi connectivity index (χ3n) is 2.75. The summed E-state index contributed by atoms with van der Waals surface area (Å²) in [6, 6.07) is 4.29. The Morgan fingerprint density at radius 2 is 2.07 bits per heavy atom. The Hall–Kier alpha value is -0.380. The third kappa shape index (κ3) is 2.00. The Morgan fingerprint density at radius 1 is 1.29 bits per heavy atom. The topological polar surface area (TPSA) is 32.3 Å². The Balaban J connectivity index is 2.36. The van der Waals surface area contributed by atoms with Gasteiger partial charge in [-0.15, -0.1) is 0 Å². The van der Waals surface area contributed by atoms with Crippen molar-refractivity contribution in [3.63, 3.8) is 0 Å². The highest BCUT2D eigenvalue weighted by Crippen LogP contribution is 2.29. The number of halogens is 1. The van der Waals surface area contributed by atoms with Gasteiger partial charge in [-0.1, -0.05) is 22.0 Å². The number of nitrogens with one attached hydrogen (secondary N) is 1. The minimum atomic E-state index is 0.520. The van der Waals surface area contributed by atoms with Gasteiger partial charge < -0.3 is 5.21 Å². The predicted octanol–water partition coefficient (Wildman–Crippen LogP) is 2.81. The van der Waals surface area contributed by atoms with E-state index in [-0.39, 0.29) is 0 Å². The number of fused-ring (bicyclic) bond motifs is 1. The number of rotatable bonds is 2. The van der Waals surface area contributed by atoms with Crippen LogP contribution in [-0.4, -0.2) is 5.21 Å². The van der Waals surface area contributed by atoms with Crippen LogP contribution in [0, 0.1) is 0 Å². The quantitative estimate of drug-likeness (QED) is 0.797. The Morgan fingerprint density at radius 3 is 2.86 bits per heavy atom. The zero-order valence-corrected chi connectivity index (χ0v) is 9.60. The highest BCUT2D eigenvalue weighted by atomic mass is 79.9. The third-order valence-corrected chi connectivity index (χ3v) is 3.46. The van der Waals surface area contributed by atoms with Crippen molar-refractivity contribution in [2.24, 2.45) is 0 Å². The molecular formula is C11H14BrNO. The van der Waals surface area contributed by atoms with Crippen molar-refractivity contribution < 1.29 is 5.21 Å². The van der Waals surface area contributed by atoms with Crippen LogP contribution in [0.15, 0.2) is 16.6 Å². The standard InChI is InChI=1S/C11H14BrNO/c12-11-6-8(7-13-14)5-9-3-1-2-4-10(9)11/h5-6,13-14H,1-4,7H2. The first-order valence-electron chi connectivity index (χ1n) is 4.98. The molecule has 2 N–H and O–H groups in total. The highest BCUT2D eigenvalue weighted by molar-refractivity contribution is 9.10. The van der Waals surface area contributed by atoms with Gasteiger partial charge in [-0.3, -0.25) is 0 Å². The van der Waals surface area contributed by atoms with Gasteiger partial charge in [0.1, 0.15) is 0 Å². The highest BCUT2D eigenvalue weighted by Gasteiger charge is 2.13. The van der Waals surface area contributed by atoms with Crippen molar-refractivity contribution >= 4 is 15.9 Å². The fourth-order valence-corrected chi connectivity index (χ4v) is 2.82. The summed E-state index contributed by atoms with van der Waals surface area (Å²) in [5, 5.41) is 8.65. The molecule has 14 heavy (non-hydrogen) atoms. The van der Waals surface area contributed by atoms with Crippen LogP contribution in [0.3, 0.4) is 0 Å². The van der Waals surface area contributed by atoms with Gasteiger partial charge in [-0.25, -0.2) is 5.48 Å². The lowest BCUT2D eigenvalue weighted by Gasteiger charge is -2.18. The lowest BCUT2D eigenvalue weighted by molar-refractivity contribution is 0.161. The van der Waals surface area contributed by atoms with E-state index in [2.05, 4.69) is 33.5 Å². The molecular weight excluding hydrogens is 242 g/mol. The summed E-state index contributed by atoms with van der Waals surface area (Å²) in [7, 11) is 0. The second kappa shape index (κ2) is 4.43. The molecule has 0 saturated carbocycles.